The van der Waals surface area contributed by atoms with Gasteiger partial charge in [0.2, 0.25) is 5.95 Å². The van der Waals surface area contributed by atoms with Crippen LogP contribution in [-0.4, -0.2) is 46.1 Å². The normalized spacial score (nSPS) is 15.1. The predicted octanol–water partition coefficient (Wildman–Crippen LogP) is 2.08. The van der Waals surface area contributed by atoms with Crippen molar-refractivity contribution in [1.29, 1.82) is 0 Å². The standard InChI is InChI=1S/C17H24N6/c1-5-15-11-16(21-14(4)20-15)22-6-8-23(9-7-22)17-18-12(2)10-13(3)19-17/h10-11H,5-9H2,1-4H3. The van der Waals surface area contributed by atoms with Gasteiger partial charge in [-0.15, -0.1) is 0 Å². The SMILES string of the molecule is CCc1cc(N2CCN(c3nc(C)cc(C)n3)CC2)nc(C)n1. The van der Waals surface area contributed by atoms with E-state index >= 15 is 0 Å². The quantitative estimate of drug-likeness (QED) is 0.865. The van der Waals surface area contributed by atoms with E-state index in [1.54, 1.807) is 0 Å². The molecule has 0 amide bonds. The number of aryl methyl sites for hydroxylation is 4. The molecular formula is C17H24N6. The lowest BCUT2D eigenvalue weighted by Crippen LogP contribution is -2.47. The second-order valence-corrected chi connectivity index (χ2v) is 6.04. The van der Waals surface area contributed by atoms with Gasteiger partial charge in [0.25, 0.3) is 0 Å². The van der Waals surface area contributed by atoms with Crippen molar-refractivity contribution in [3.63, 3.8) is 0 Å². The number of nitrogens with zero attached hydrogens (tertiary/aromatic N) is 6. The predicted molar refractivity (Wildman–Crippen MR) is 92.1 cm³/mol. The molecular weight excluding hydrogens is 288 g/mol. The molecule has 122 valence electrons. The summed E-state index contributed by atoms with van der Waals surface area (Å²) in [4.78, 5) is 22.8. The molecule has 23 heavy (non-hydrogen) atoms. The van der Waals surface area contributed by atoms with Gasteiger partial charge in [-0.2, -0.15) is 0 Å². The molecule has 3 heterocycles. The average molecular weight is 312 g/mol. The Balaban J connectivity index is 1.72. The van der Waals surface area contributed by atoms with Crippen molar-refractivity contribution in [1.82, 2.24) is 19.9 Å². The topological polar surface area (TPSA) is 58.0 Å². The van der Waals surface area contributed by atoms with Crippen molar-refractivity contribution >= 4 is 11.8 Å². The van der Waals surface area contributed by atoms with E-state index in [0.29, 0.717) is 0 Å². The van der Waals surface area contributed by atoms with Gasteiger partial charge in [0.1, 0.15) is 11.6 Å². The smallest absolute Gasteiger partial charge is 0.225 e. The molecule has 0 aromatic carbocycles. The van der Waals surface area contributed by atoms with Crippen LogP contribution < -0.4 is 9.80 Å². The van der Waals surface area contributed by atoms with Gasteiger partial charge in [-0.05, 0) is 33.3 Å². The highest BCUT2D eigenvalue weighted by atomic mass is 15.3. The number of hydrogen-bond acceptors (Lipinski definition) is 6. The van der Waals surface area contributed by atoms with Crippen LogP contribution in [0.2, 0.25) is 0 Å². The van der Waals surface area contributed by atoms with Crippen molar-refractivity contribution in [2.75, 3.05) is 36.0 Å². The van der Waals surface area contributed by atoms with Crippen LogP contribution in [0, 0.1) is 20.8 Å². The van der Waals surface area contributed by atoms with E-state index in [0.717, 1.165) is 67.3 Å². The molecule has 1 saturated heterocycles. The minimum atomic E-state index is 0.843. The van der Waals surface area contributed by atoms with E-state index in [9.17, 15) is 0 Å². The molecule has 0 spiro atoms. The summed E-state index contributed by atoms with van der Waals surface area (Å²) >= 11 is 0. The summed E-state index contributed by atoms with van der Waals surface area (Å²) in [6, 6.07) is 4.12. The van der Waals surface area contributed by atoms with Gasteiger partial charge in [-0.3, -0.25) is 0 Å². The van der Waals surface area contributed by atoms with Crippen LogP contribution in [0.1, 0.15) is 29.8 Å². The highest BCUT2D eigenvalue weighted by molar-refractivity contribution is 5.43. The number of hydrogen-bond donors (Lipinski definition) is 0. The average Bonchev–Trinajstić information content (AvgIpc) is 2.53. The van der Waals surface area contributed by atoms with E-state index < -0.39 is 0 Å². The zero-order valence-corrected chi connectivity index (χ0v) is 14.4. The number of anilines is 2. The van der Waals surface area contributed by atoms with E-state index in [1.165, 1.54) is 0 Å². The Morgan fingerprint density at radius 1 is 0.826 bits per heavy atom. The number of piperazine rings is 1. The lowest BCUT2D eigenvalue weighted by molar-refractivity contribution is 0.630. The molecule has 6 nitrogen and oxygen atoms in total. The second-order valence-electron chi connectivity index (χ2n) is 6.04. The molecule has 2 aromatic heterocycles. The Labute approximate surface area is 137 Å². The fourth-order valence-electron chi connectivity index (χ4n) is 2.94. The van der Waals surface area contributed by atoms with Crippen molar-refractivity contribution in [3.8, 4) is 0 Å². The van der Waals surface area contributed by atoms with Crippen molar-refractivity contribution in [3.05, 3.63) is 35.0 Å². The van der Waals surface area contributed by atoms with Crippen molar-refractivity contribution in [2.45, 2.75) is 34.1 Å². The molecule has 2 aromatic rings. The van der Waals surface area contributed by atoms with Crippen LogP contribution in [0.4, 0.5) is 11.8 Å². The van der Waals surface area contributed by atoms with Gasteiger partial charge >= 0.3 is 0 Å². The molecule has 1 aliphatic rings. The molecule has 0 atom stereocenters. The summed E-state index contributed by atoms with van der Waals surface area (Å²) in [5, 5.41) is 0. The van der Waals surface area contributed by atoms with Crippen molar-refractivity contribution < 1.29 is 0 Å². The summed E-state index contributed by atoms with van der Waals surface area (Å²) < 4.78 is 0. The van der Waals surface area contributed by atoms with Crippen LogP contribution in [0.15, 0.2) is 12.1 Å². The second kappa shape index (κ2) is 6.48. The fourth-order valence-corrected chi connectivity index (χ4v) is 2.94. The molecule has 3 rings (SSSR count). The molecule has 1 fully saturated rings. The molecule has 0 bridgehead atoms. The highest BCUT2D eigenvalue weighted by Crippen LogP contribution is 2.18. The number of aromatic nitrogens is 4. The van der Waals surface area contributed by atoms with Gasteiger partial charge in [-0.25, -0.2) is 19.9 Å². The molecule has 1 aliphatic heterocycles. The van der Waals surface area contributed by atoms with Crippen LogP contribution in [0.25, 0.3) is 0 Å². The summed E-state index contributed by atoms with van der Waals surface area (Å²) in [5.41, 5.74) is 3.15. The first-order chi connectivity index (χ1) is 11.0. The summed E-state index contributed by atoms with van der Waals surface area (Å²) in [6.07, 6.45) is 0.937. The Morgan fingerprint density at radius 2 is 1.43 bits per heavy atom. The summed E-state index contributed by atoms with van der Waals surface area (Å²) in [7, 11) is 0. The molecule has 0 N–H and O–H groups in total. The Bertz CT molecular complexity index is 671. The Kier molecular flexibility index (Phi) is 4.41. The van der Waals surface area contributed by atoms with Crippen LogP contribution in [0.3, 0.4) is 0 Å². The maximum absolute atomic E-state index is 4.60. The van der Waals surface area contributed by atoms with Gasteiger partial charge in [-0.1, -0.05) is 6.92 Å². The van der Waals surface area contributed by atoms with E-state index in [4.69, 9.17) is 0 Å². The third-order valence-electron chi connectivity index (χ3n) is 4.10. The molecule has 0 unspecified atom stereocenters. The Hall–Kier alpha value is -2.24. The minimum absolute atomic E-state index is 0.843. The first kappa shape index (κ1) is 15.6. The summed E-state index contributed by atoms with van der Waals surface area (Å²) in [6.45, 7) is 11.8. The van der Waals surface area contributed by atoms with E-state index in [1.807, 2.05) is 26.8 Å². The van der Waals surface area contributed by atoms with Gasteiger partial charge in [0.05, 0.1) is 0 Å². The van der Waals surface area contributed by atoms with Gasteiger partial charge < -0.3 is 9.80 Å². The first-order valence-corrected chi connectivity index (χ1v) is 8.22. The highest BCUT2D eigenvalue weighted by Gasteiger charge is 2.21. The minimum Gasteiger partial charge on any atom is -0.353 e. The largest absolute Gasteiger partial charge is 0.353 e. The molecule has 0 saturated carbocycles. The molecule has 0 aliphatic carbocycles. The van der Waals surface area contributed by atoms with Gasteiger partial charge in [0.15, 0.2) is 0 Å². The summed E-state index contributed by atoms with van der Waals surface area (Å²) in [5.74, 6) is 2.73. The first-order valence-electron chi connectivity index (χ1n) is 8.22. The van der Waals surface area contributed by atoms with Crippen molar-refractivity contribution in [2.24, 2.45) is 0 Å². The van der Waals surface area contributed by atoms with Crippen LogP contribution in [-0.2, 0) is 6.42 Å². The van der Waals surface area contributed by atoms with E-state index in [-0.39, 0.29) is 0 Å². The lowest BCUT2D eigenvalue weighted by atomic mass is 10.2. The van der Waals surface area contributed by atoms with E-state index in [2.05, 4.69) is 42.7 Å². The zero-order valence-electron chi connectivity index (χ0n) is 14.4. The van der Waals surface area contributed by atoms with Crippen LogP contribution >= 0.6 is 0 Å². The number of rotatable bonds is 3. The molecule has 6 heteroatoms. The van der Waals surface area contributed by atoms with Crippen LogP contribution in [0.5, 0.6) is 0 Å². The fraction of sp³-hybridized carbons (Fsp3) is 0.529. The molecule has 0 radical (unpaired) electrons. The monoisotopic (exact) mass is 312 g/mol. The maximum Gasteiger partial charge on any atom is 0.225 e. The van der Waals surface area contributed by atoms with Gasteiger partial charge in [0, 0.05) is 49.3 Å². The maximum atomic E-state index is 4.60. The Morgan fingerprint density at radius 3 is 2.04 bits per heavy atom. The third-order valence-corrected chi connectivity index (χ3v) is 4.10. The third kappa shape index (κ3) is 3.57. The zero-order chi connectivity index (χ0) is 16.4. The lowest BCUT2D eigenvalue weighted by Gasteiger charge is -2.35.